The SMILES string of the molecule is CC1(C)CN(CCC2CCCC2O)CC(C)(C)O1. The summed E-state index contributed by atoms with van der Waals surface area (Å²) in [4.78, 5) is 2.51. The molecule has 0 amide bonds. The number of aliphatic hydroxyl groups is 1. The van der Waals surface area contributed by atoms with Gasteiger partial charge in [0, 0.05) is 13.1 Å². The van der Waals surface area contributed by atoms with Crippen molar-refractivity contribution in [3.05, 3.63) is 0 Å². The van der Waals surface area contributed by atoms with Crippen LogP contribution in [0, 0.1) is 5.92 Å². The molecule has 2 fully saturated rings. The van der Waals surface area contributed by atoms with Crippen LogP contribution in [-0.4, -0.2) is 46.9 Å². The molecule has 1 N–H and O–H groups in total. The molecule has 0 bridgehead atoms. The Kier molecular flexibility index (Phi) is 4.05. The zero-order valence-corrected chi connectivity index (χ0v) is 12.4. The summed E-state index contributed by atoms with van der Waals surface area (Å²) in [5.41, 5.74) is -0.119. The normalized spacial score (nSPS) is 35.8. The lowest BCUT2D eigenvalue weighted by Crippen LogP contribution is -2.57. The van der Waals surface area contributed by atoms with Gasteiger partial charge in [-0.15, -0.1) is 0 Å². The molecule has 1 heterocycles. The average molecular weight is 255 g/mol. The molecule has 0 radical (unpaired) electrons. The second-order valence-corrected chi connectivity index (χ2v) is 7.38. The number of rotatable bonds is 3. The van der Waals surface area contributed by atoms with Crippen LogP contribution in [0.4, 0.5) is 0 Å². The molecule has 0 aromatic carbocycles. The van der Waals surface area contributed by atoms with Gasteiger partial charge in [0.15, 0.2) is 0 Å². The molecule has 18 heavy (non-hydrogen) atoms. The van der Waals surface area contributed by atoms with Crippen LogP contribution in [0.2, 0.25) is 0 Å². The molecular weight excluding hydrogens is 226 g/mol. The van der Waals surface area contributed by atoms with Crippen molar-refractivity contribution in [3.8, 4) is 0 Å². The van der Waals surface area contributed by atoms with Crippen molar-refractivity contribution in [2.75, 3.05) is 19.6 Å². The molecule has 106 valence electrons. The van der Waals surface area contributed by atoms with E-state index in [0.29, 0.717) is 5.92 Å². The van der Waals surface area contributed by atoms with Crippen LogP contribution in [0.5, 0.6) is 0 Å². The van der Waals surface area contributed by atoms with Crippen molar-refractivity contribution < 1.29 is 9.84 Å². The van der Waals surface area contributed by atoms with Crippen LogP contribution in [0.25, 0.3) is 0 Å². The summed E-state index contributed by atoms with van der Waals surface area (Å²) in [5.74, 6) is 0.527. The van der Waals surface area contributed by atoms with Gasteiger partial charge in [0.25, 0.3) is 0 Å². The van der Waals surface area contributed by atoms with E-state index in [1.54, 1.807) is 0 Å². The summed E-state index contributed by atoms with van der Waals surface area (Å²) in [6.45, 7) is 11.8. The maximum atomic E-state index is 9.88. The number of ether oxygens (including phenoxy) is 1. The maximum Gasteiger partial charge on any atom is 0.0760 e. The minimum atomic E-state index is -0.0595. The Labute approximate surface area is 112 Å². The lowest BCUT2D eigenvalue weighted by molar-refractivity contribution is -0.180. The molecular formula is C15H29NO2. The molecule has 0 spiro atoms. The van der Waals surface area contributed by atoms with Crippen molar-refractivity contribution in [3.63, 3.8) is 0 Å². The van der Waals surface area contributed by atoms with Gasteiger partial charge in [-0.1, -0.05) is 6.42 Å². The lowest BCUT2D eigenvalue weighted by atomic mass is 9.96. The zero-order chi connectivity index (χ0) is 13.4. The maximum absolute atomic E-state index is 9.88. The second-order valence-electron chi connectivity index (χ2n) is 7.38. The van der Waals surface area contributed by atoms with Gasteiger partial charge in [-0.2, -0.15) is 0 Å². The predicted octanol–water partition coefficient (Wildman–Crippen LogP) is 2.43. The van der Waals surface area contributed by atoms with E-state index in [4.69, 9.17) is 4.74 Å². The highest BCUT2D eigenvalue weighted by Gasteiger charge is 2.38. The highest BCUT2D eigenvalue weighted by Crippen LogP contribution is 2.31. The van der Waals surface area contributed by atoms with E-state index in [9.17, 15) is 5.11 Å². The van der Waals surface area contributed by atoms with Gasteiger partial charge in [0.05, 0.1) is 17.3 Å². The third-order valence-electron chi connectivity index (χ3n) is 4.20. The zero-order valence-electron chi connectivity index (χ0n) is 12.4. The molecule has 2 unspecified atom stereocenters. The van der Waals surface area contributed by atoms with E-state index in [0.717, 1.165) is 32.5 Å². The van der Waals surface area contributed by atoms with Crippen molar-refractivity contribution in [1.29, 1.82) is 0 Å². The Hall–Kier alpha value is -0.120. The number of nitrogens with zero attached hydrogens (tertiary/aromatic N) is 1. The van der Waals surface area contributed by atoms with Gasteiger partial charge in [-0.3, -0.25) is 4.90 Å². The third kappa shape index (κ3) is 3.69. The first kappa shape index (κ1) is 14.3. The first-order valence-corrected chi connectivity index (χ1v) is 7.38. The minimum Gasteiger partial charge on any atom is -0.393 e. The van der Waals surface area contributed by atoms with E-state index in [1.807, 2.05) is 0 Å². The molecule has 1 saturated carbocycles. The fraction of sp³-hybridized carbons (Fsp3) is 1.00. The second kappa shape index (κ2) is 5.10. The molecule has 1 aliphatic heterocycles. The molecule has 0 aromatic heterocycles. The van der Waals surface area contributed by atoms with Crippen molar-refractivity contribution in [2.45, 2.75) is 70.7 Å². The molecule has 1 saturated heterocycles. The first-order chi connectivity index (χ1) is 8.27. The fourth-order valence-electron chi connectivity index (χ4n) is 3.81. The minimum absolute atomic E-state index is 0.0490. The summed E-state index contributed by atoms with van der Waals surface area (Å²) >= 11 is 0. The number of hydrogen-bond donors (Lipinski definition) is 1. The Morgan fingerprint density at radius 2 is 1.72 bits per heavy atom. The topological polar surface area (TPSA) is 32.7 Å². The average Bonchev–Trinajstić information content (AvgIpc) is 2.56. The Balaban J connectivity index is 1.85. The summed E-state index contributed by atoms with van der Waals surface area (Å²) in [7, 11) is 0. The highest BCUT2D eigenvalue weighted by molar-refractivity contribution is 4.89. The quantitative estimate of drug-likeness (QED) is 0.840. The highest BCUT2D eigenvalue weighted by atomic mass is 16.5. The molecule has 2 atom stereocenters. The molecule has 3 nitrogen and oxygen atoms in total. The van der Waals surface area contributed by atoms with Crippen molar-refractivity contribution >= 4 is 0 Å². The standard InChI is InChI=1S/C15H29NO2/c1-14(2)10-16(11-15(3,4)18-14)9-8-12-6-5-7-13(12)17/h12-13,17H,5-11H2,1-4H3. The van der Waals surface area contributed by atoms with Gasteiger partial charge in [-0.25, -0.2) is 0 Å². The van der Waals surface area contributed by atoms with E-state index >= 15 is 0 Å². The van der Waals surface area contributed by atoms with Crippen LogP contribution >= 0.6 is 0 Å². The van der Waals surface area contributed by atoms with Gasteiger partial charge in [-0.05, 0) is 59.4 Å². The molecule has 1 aliphatic carbocycles. The summed E-state index contributed by atoms with van der Waals surface area (Å²) in [5, 5.41) is 9.88. The summed E-state index contributed by atoms with van der Waals surface area (Å²) in [6.07, 6.45) is 4.49. The molecule has 3 heteroatoms. The van der Waals surface area contributed by atoms with E-state index in [1.165, 1.54) is 12.8 Å². The molecule has 2 rings (SSSR count). The largest absolute Gasteiger partial charge is 0.393 e. The smallest absolute Gasteiger partial charge is 0.0760 e. The van der Waals surface area contributed by atoms with Gasteiger partial charge >= 0.3 is 0 Å². The number of aliphatic hydroxyl groups excluding tert-OH is 1. The van der Waals surface area contributed by atoms with Crippen LogP contribution in [0.3, 0.4) is 0 Å². The lowest BCUT2D eigenvalue weighted by Gasteiger charge is -2.47. The molecule has 2 aliphatic rings. The van der Waals surface area contributed by atoms with E-state index in [2.05, 4.69) is 32.6 Å². The van der Waals surface area contributed by atoms with Gasteiger partial charge < -0.3 is 9.84 Å². The van der Waals surface area contributed by atoms with Crippen LogP contribution in [0.1, 0.15) is 53.4 Å². The van der Waals surface area contributed by atoms with Crippen LogP contribution in [0.15, 0.2) is 0 Å². The monoisotopic (exact) mass is 255 g/mol. The fourth-order valence-corrected chi connectivity index (χ4v) is 3.81. The summed E-state index contributed by atoms with van der Waals surface area (Å²) in [6, 6.07) is 0. The Morgan fingerprint density at radius 3 is 2.22 bits per heavy atom. The van der Waals surface area contributed by atoms with E-state index in [-0.39, 0.29) is 17.3 Å². The van der Waals surface area contributed by atoms with Crippen molar-refractivity contribution in [1.82, 2.24) is 4.90 Å². The van der Waals surface area contributed by atoms with Gasteiger partial charge in [0.1, 0.15) is 0 Å². The molecule has 0 aromatic rings. The van der Waals surface area contributed by atoms with Gasteiger partial charge in [0.2, 0.25) is 0 Å². The number of hydrogen-bond acceptors (Lipinski definition) is 3. The van der Waals surface area contributed by atoms with Crippen LogP contribution in [-0.2, 0) is 4.74 Å². The van der Waals surface area contributed by atoms with E-state index < -0.39 is 0 Å². The predicted molar refractivity (Wildman–Crippen MR) is 73.6 cm³/mol. The van der Waals surface area contributed by atoms with Crippen molar-refractivity contribution in [2.24, 2.45) is 5.92 Å². The Morgan fingerprint density at radius 1 is 1.11 bits per heavy atom. The first-order valence-electron chi connectivity index (χ1n) is 7.38. The third-order valence-corrected chi connectivity index (χ3v) is 4.20. The number of morpholine rings is 1. The summed E-state index contributed by atoms with van der Waals surface area (Å²) < 4.78 is 6.09. The van der Waals surface area contributed by atoms with Crippen LogP contribution < -0.4 is 0 Å². The Bertz CT molecular complexity index is 272.